The molecule has 3 N–H and O–H groups in total. The van der Waals surface area contributed by atoms with Crippen LogP contribution in [0.1, 0.15) is 35.2 Å². The van der Waals surface area contributed by atoms with Crippen LogP contribution >= 0.6 is 15.9 Å². The molecule has 2 aromatic heterocycles. The van der Waals surface area contributed by atoms with Crippen LogP contribution in [0.3, 0.4) is 0 Å². The Morgan fingerprint density at radius 2 is 2.04 bits per heavy atom. The van der Waals surface area contributed by atoms with E-state index in [1.54, 1.807) is 15.6 Å². The van der Waals surface area contributed by atoms with E-state index in [2.05, 4.69) is 31.4 Å². The SMILES string of the molecule is CCn1cc(NC(=O)CCn2nc(C)c(Br)c2C)c(C(N)=O)n1. The molecule has 124 valence electrons. The number of carbonyl (C=O) groups excluding carboxylic acids is 2. The van der Waals surface area contributed by atoms with Crippen molar-refractivity contribution in [3.63, 3.8) is 0 Å². The molecule has 0 atom stereocenters. The number of hydrogen-bond acceptors (Lipinski definition) is 4. The van der Waals surface area contributed by atoms with Gasteiger partial charge >= 0.3 is 0 Å². The molecule has 0 aromatic carbocycles. The monoisotopic (exact) mass is 382 g/mol. The minimum absolute atomic E-state index is 0.0639. The molecule has 0 spiro atoms. The van der Waals surface area contributed by atoms with Crippen molar-refractivity contribution in [3.05, 3.63) is 27.8 Å². The Hall–Kier alpha value is -2.16. The lowest BCUT2D eigenvalue weighted by molar-refractivity contribution is -0.116. The normalized spacial score (nSPS) is 10.8. The van der Waals surface area contributed by atoms with Crippen molar-refractivity contribution in [1.29, 1.82) is 0 Å². The number of primary amides is 1. The number of nitrogens with zero attached hydrogens (tertiary/aromatic N) is 4. The molecule has 0 aliphatic rings. The van der Waals surface area contributed by atoms with Crippen LogP contribution in [0.5, 0.6) is 0 Å². The zero-order chi connectivity index (χ0) is 17.1. The number of halogens is 1. The van der Waals surface area contributed by atoms with Crippen LogP contribution in [-0.2, 0) is 17.9 Å². The van der Waals surface area contributed by atoms with Gasteiger partial charge in [-0.3, -0.25) is 19.0 Å². The summed E-state index contributed by atoms with van der Waals surface area (Å²) in [5.41, 5.74) is 7.52. The molecule has 0 fully saturated rings. The van der Waals surface area contributed by atoms with Gasteiger partial charge in [-0.1, -0.05) is 0 Å². The predicted molar refractivity (Wildman–Crippen MR) is 89.1 cm³/mol. The van der Waals surface area contributed by atoms with Crippen molar-refractivity contribution in [2.45, 2.75) is 40.3 Å². The first-order chi connectivity index (χ1) is 10.8. The topological polar surface area (TPSA) is 108 Å². The number of rotatable bonds is 6. The third kappa shape index (κ3) is 3.79. The third-order valence-electron chi connectivity index (χ3n) is 3.44. The fourth-order valence-electron chi connectivity index (χ4n) is 2.17. The molecule has 0 aliphatic carbocycles. The van der Waals surface area contributed by atoms with Gasteiger partial charge in [0.1, 0.15) is 0 Å². The van der Waals surface area contributed by atoms with Crippen molar-refractivity contribution in [2.75, 3.05) is 5.32 Å². The Morgan fingerprint density at radius 1 is 1.35 bits per heavy atom. The van der Waals surface area contributed by atoms with E-state index in [1.165, 1.54) is 0 Å². The van der Waals surface area contributed by atoms with Crippen LogP contribution in [0, 0.1) is 13.8 Å². The average molecular weight is 383 g/mol. The highest BCUT2D eigenvalue weighted by molar-refractivity contribution is 9.10. The number of carbonyl (C=O) groups is 2. The summed E-state index contributed by atoms with van der Waals surface area (Å²) in [5.74, 6) is -0.901. The van der Waals surface area contributed by atoms with Crippen LogP contribution < -0.4 is 11.1 Å². The van der Waals surface area contributed by atoms with Gasteiger partial charge in [-0.25, -0.2) is 0 Å². The Balaban J connectivity index is 2.04. The van der Waals surface area contributed by atoms with E-state index in [4.69, 9.17) is 5.73 Å². The highest BCUT2D eigenvalue weighted by atomic mass is 79.9. The molecule has 2 amide bonds. The molecule has 8 nitrogen and oxygen atoms in total. The van der Waals surface area contributed by atoms with E-state index in [9.17, 15) is 9.59 Å². The van der Waals surface area contributed by atoms with Gasteiger partial charge in [-0.05, 0) is 36.7 Å². The predicted octanol–water partition coefficient (Wildman–Crippen LogP) is 1.61. The van der Waals surface area contributed by atoms with E-state index in [1.807, 2.05) is 20.8 Å². The highest BCUT2D eigenvalue weighted by Crippen LogP contribution is 2.20. The summed E-state index contributed by atoms with van der Waals surface area (Å²) in [4.78, 5) is 23.5. The molecular formula is C14H19BrN6O2. The first-order valence-electron chi connectivity index (χ1n) is 7.20. The maximum absolute atomic E-state index is 12.1. The second-order valence-corrected chi connectivity index (χ2v) is 5.91. The molecule has 0 bridgehead atoms. The van der Waals surface area contributed by atoms with Crippen molar-refractivity contribution < 1.29 is 9.59 Å². The fraction of sp³-hybridized carbons (Fsp3) is 0.429. The van der Waals surface area contributed by atoms with Gasteiger partial charge in [0, 0.05) is 24.9 Å². The summed E-state index contributed by atoms with van der Waals surface area (Å²) >= 11 is 3.45. The number of nitrogens with two attached hydrogens (primary N) is 1. The first kappa shape index (κ1) is 17.2. The van der Waals surface area contributed by atoms with E-state index >= 15 is 0 Å². The lowest BCUT2D eigenvalue weighted by atomic mass is 10.3. The molecule has 0 unspecified atom stereocenters. The van der Waals surface area contributed by atoms with Crippen LogP contribution in [-0.4, -0.2) is 31.4 Å². The van der Waals surface area contributed by atoms with Gasteiger partial charge in [0.2, 0.25) is 5.91 Å². The third-order valence-corrected chi connectivity index (χ3v) is 4.58. The number of aryl methyl sites for hydroxylation is 3. The second-order valence-electron chi connectivity index (χ2n) is 5.12. The molecule has 2 heterocycles. The zero-order valence-corrected chi connectivity index (χ0v) is 14.8. The van der Waals surface area contributed by atoms with Gasteiger partial charge < -0.3 is 11.1 Å². The molecule has 9 heteroatoms. The number of anilines is 1. The van der Waals surface area contributed by atoms with Gasteiger partial charge in [0.05, 0.1) is 22.4 Å². The Labute approximate surface area is 142 Å². The molecule has 0 radical (unpaired) electrons. The van der Waals surface area contributed by atoms with Gasteiger partial charge in [0.15, 0.2) is 5.69 Å². The molecular weight excluding hydrogens is 364 g/mol. The maximum Gasteiger partial charge on any atom is 0.271 e. The molecule has 0 saturated heterocycles. The minimum atomic E-state index is -0.671. The number of amides is 2. The van der Waals surface area contributed by atoms with Crippen molar-refractivity contribution in [2.24, 2.45) is 5.73 Å². The summed E-state index contributed by atoms with van der Waals surface area (Å²) in [6.07, 6.45) is 1.82. The molecule has 2 aromatic rings. The lowest BCUT2D eigenvalue weighted by Crippen LogP contribution is -2.19. The summed E-state index contributed by atoms with van der Waals surface area (Å²) in [6, 6.07) is 0. The molecule has 0 aliphatic heterocycles. The van der Waals surface area contributed by atoms with Crippen LogP contribution in [0.25, 0.3) is 0 Å². The highest BCUT2D eigenvalue weighted by Gasteiger charge is 2.16. The van der Waals surface area contributed by atoms with E-state index < -0.39 is 5.91 Å². The summed E-state index contributed by atoms with van der Waals surface area (Å²) in [7, 11) is 0. The first-order valence-corrected chi connectivity index (χ1v) is 7.99. The summed E-state index contributed by atoms with van der Waals surface area (Å²) in [6.45, 7) is 6.72. The van der Waals surface area contributed by atoms with Crippen LogP contribution in [0.15, 0.2) is 10.7 Å². The number of hydrogen-bond donors (Lipinski definition) is 2. The van der Waals surface area contributed by atoms with Crippen molar-refractivity contribution >= 4 is 33.4 Å². The standard InChI is InChI=1S/C14H19BrN6O2/c1-4-20-7-10(13(19-20)14(16)23)17-11(22)5-6-21-9(3)12(15)8(2)18-21/h7H,4-6H2,1-3H3,(H2,16,23)(H,17,22). The van der Waals surface area contributed by atoms with Crippen LogP contribution in [0.2, 0.25) is 0 Å². The minimum Gasteiger partial charge on any atom is -0.364 e. The second kappa shape index (κ2) is 6.95. The number of nitrogens with one attached hydrogen (secondary N) is 1. The zero-order valence-electron chi connectivity index (χ0n) is 13.3. The van der Waals surface area contributed by atoms with Gasteiger partial charge in [-0.15, -0.1) is 0 Å². The maximum atomic E-state index is 12.1. The summed E-state index contributed by atoms with van der Waals surface area (Å²) in [5, 5.41) is 11.1. The Morgan fingerprint density at radius 3 is 2.57 bits per heavy atom. The summed E-state index contributed by atoms with van der Waals surface area (Å²) < 4.78 is 4.26. The molecule has 0 saturated carbocycles. The fourth-order valence-corrected chi connectivity index (χ4v) is 2.45. The van der Waals surface area contributed by atoms with Crippen molar-refractivity contribution in [1.82, 2.24) is 19.6 Å². The quantitative estimate of drug-likeness (QED) is 0.790. The Kier molecular flexibility index (Phi) is 5.19. The largest absolute Gasteiger partial charge is 0.364 e. The smallest absolute Gasteiger partial charge is 0.271 e. The molecule has 2 rings (SSSR count). The van der Waals surface area contributed by atoms with Crippen LogP contribution in [0.4, 0.5) is 5.69 Å². The lowest BCUT2D eigenvalue weighted by Gasteiger charge is -2.06. The molecule has 23 heavy (non-hydrogen) atoms. The number of aromatic nitrogens is 4. The van der Waals surface area contributed by atoms with E-state index in [0.29, 0.717) is 18.8 Å². The van der Waals surface area contributed by atoms with E-state index in [0.717, 1.165) is 15.9 Å². The average Bonchev–Trinajstić information content (AvgIpc) is 3.02. The van der Waals surface area contributed by atoms with Gasteiger partial charge in [0.25, 0.3) is 5.91 Å². The van der Waals surface area contributed by atoms with Crippen molar-refractivity contribution in [3.8, 4) is 0 Å². The van der Waals surface area contributed by atoms with E-state index in [-0.39, 0.29) is 18.0 Å². The Bertz CT molecular complexity index is 749. The van der Waals surface area contributed by atoms with Gasteiger partial charge in [-0.2, -0.15) is 10.2 Å².